The van der Waals surface area contributed by atoms with Crippen LogP contribution in [0.4, 0.5) is 29.3 Å². The number of carbonyl (C=O) groups is 1. The van der Waals surface area contributed by atoms with Gasteiger partial charge in [0.15, 0.2) is 5.69 Å². The van der Waals surface area contributed by atoms with E-state index < -0.39 is 17.7 Å². The molecule has 1 aromatic heterocycles. The summed E-state index contributed by atoms with van der Waals surface area (Å²) in [5, 5.41) is 2.97. The van der Waals surface area contributed by atoms with Crippen LogP contribution in [0.2, 0.25) is 0 Å². The molecular weight excluding hydrogens is 438 g/mol. The maximum absolute atomic E-state index is 13.5. The van der Waals surface area contributed by atoms with Gasteiger partial charge >= 0.3 is 6.18 Å². The number of rotatable bonds is 5. The second kappa shape index (κ2) is 9.52. The number of aromatic nitrogens is 2. The number of amides is 1. The van der Waals surface area contributed by atoms with Gasteiger partial charge in [-0.1, -0.05) is 0 Å². The Bertz CT molecular complexity index is 968. The summed E-state index contributed by atoms with van der Waals surface area (Å²) in [5.41, 5.74) is -0.535. The van der Waals surface area contributed by atoms with Crippen LogP contribution in [0.1, 0.15) is 54.6 Å². The van der Waals surface area contributed by atoms with E-state index in [1.165, 1.54) is 24.3 Å². The molecule has 2 aliphatic rings. The van der Waals surface area contributed by atoms with Crippen molar-refractivity contribution in [3.8, 4) is 0 Å². The first kappa shape index (κ1) is 23.3. The predicted molar refractivity (Wildman–Crippen MR) is 117 cm³/mol. The first-order chi connectivity index (χ1) is 15.7. The zero-order chi connectivity index (χ0) is 23.6. The lowest BCUT2D eigenvalue weighted by molar-refractivity contribution is -0.141. The average molecular weight is 465 g/mol. The highest BCUT2D eigenvalue weighted by atomic mass is 19.4. The van der Waals surface area contributed by atoms with E-state index in [1.807, 2.05) is 0 Å². The summed E-state index contributed by atoms with van der Waals surface area (Å²) >= 11 is 0. The normalized spacial score (nSPS) is 21.2. The molecular formula is C23H27F4N5O. The van der Waals surface area contributed by atoms with E-state index in [1.54, 1.807) is 16.8 Å². The summed E-state index contributed by atoms with van der Waals surface area (Å²) < 4.78 is 53.5. The zero-order valence-corrected chi connectivity index (χ0v) is 18.4. The fourth-order valence-corrected chi connectivity index (χ4v) is 4.47. The smallest absolute Gasteiger partial charge is 0.357 e. The number of hydrogen-bond acceptors (Lipinski definition) is 5. The van der Waals surface area contributed by atoms with Crippen molar-refractivity contribution in [2.24, 2.45) is 0 Å². The van der Waals surface area contributed by atoms with Gasteiger partial charge in [-0.15, -0.1) is 0 Å². The van der Waals surface area contributed by atoms with Gasteiger partial charge < -0.3 is 15.1 Å². The Morgan fingerprint density at radius 1 is 1.06 bits per heavy atom. The monoisotopic (exact) mass is 465 g/mol. The summed E-state index contributed by atoms with van der Waals surface area (Å²) in [6.07, 6.45) is 0.0764. The molecule has 1 N–H and O–H groups in total. The molecule has 178 valence electrons. The molecule has 1 aliphatic heterocycles. The molecule has 1 aromatic carbocycles. The minimum absolute atomic E-state index is 0.00591. The largest absolute Gasteiger partial charge is 0.433 e. The molecule has 6 nitrogen and oxygen atoms in total. The van der Waals surface area contributed by atoms with Gasteiger partial charge in [0, 0.05) is 43.9 Å². The van der Waals surface area contributed by atoms with Gasteiger partial charge in [-0.3, -0.25) is 4.79 Å². The molecule has 33 heavy (non-hydrogen) atoms. The lowest BCUT2D eigenvalue weighted by atomic mass is 9.90. The topological polar surface area (TPSA) is 61.4 Å². The molecule has 2 aromatic rings. The Balaban J connectivity index is 1.41. The van der Waals surface area contributed by atoms with Crippen LogP contribution in [-0.4, -0.2) is 48.1 Å². The van der Waals surface area contributed by atoms with Crippen molar-refractivity contribution in [2.45, 2.75) is 56.8 Å². The van der Waals surface area contributed by atoms with Crippen LogP contribution in [0.5, 0.6) is 0 Å². The highest BCUT2D eigenvalue weighted by Crippen LogP contribution is 2.33. The van der Waals surface area contributed by atoms with Gasteiger partial charge in [-0.05, 0) is 62.8 Å². The molecule has 0 atom stereocenters. The maximum Gasteiger partial charge on any atom is 0.433 e. The van der Waals surface area contributed by atoms with E-state index in [-0.39, 0.29) is 29.8 Å². The fraction of sp³-hybridized carbons (Fsp3) is 0.522. The molecule has 10 heteroatoms. The van der Waals surface area contributed by atoms with Crippen LogP contribution in [0.25, 0.3) is 0 Å². The highest BCUT2D eigenvalue weighted by molar-refractivity contribution is 5.94. The summed E-state index contributed by atoms with van der Waals surface area (Å²) in [6.45, 7) is 1.31. The summed E-state index contributed by atoms with van der Waals surface area (Å²) in [4.78, 5) is 24.2. The molecule has 0 unspecified atom stereocenters. The van der Waals surface area contributed by atoms with Crippen molar-refractivity contribution < 1.29 is 22.4 Å². The quantitative estimate of drug-likeness (QED) is 0.663. The van der Waals surface area contributed by atoms with E-state index in [0.29, 0.717) is 44.3 Å². The maximum atomic E-state index is 13.5. The Hall–Kier alpha value is -2.91. The van der Waals surface area contributed by atoms with Crippen molar-refractivity contribution in [3.63, 3.8) is 0 Å². The Kier molecular flexibility index (Phi) is 6.71. The lowest BCUT2D eigenvalue weighted by Crippen LogP contribution is -2.43. The van der Waals surface area contributed by atoms with Crippen molar-refractivity contribution in [2.75, 3.05) is 29.9 Å². The van der Waals surface area contributed by atoms with Crippen molar-refractivity contribution in [1.29, 1.82) is 0 Å². The third-order valence-electron chi connectivity index (χ3n) is 6.43. The van der Waals surface area contributed by atoms with Crippen LogP contribution >= 0.6 is 0 Å². The number of nitrogens with zero attached hydrogens (tertiary/aromatic N) is 4. The van der Waals surface area contributed by atoms with Crippen molar-refractivity contribution in [1.82, 2.24) is 15.3 Å². The van der Waals surface area contributed by atoms with E-state index in [4.69, 9.17) is 0 Å². The number of carbonyl (C=O) groups excluding carboxylic acids is 1. The number of anilines is 2. The predicted octanol–water partition coefficient (Wildman–Crippen LogP) is 4.41. The SMILES string of the molecule is CN(c1cc(C(F)(F)F)nc(N2CCCC2)n1)C1CCC(NC(=O)c2ccc(F)cc2)CC1. The van der Waals surface area contributed by atoms with Crippen LogP contribution in [0.15, 0.2) is 30.3 Å². The second-order valence-corrected chi connectivity index (χ2v) is 8.70. The third-order valence-corrected chi connectivity index (χ3v) is 6.43. The zero-order valence-electron chi connectivity index (χ0n) is 18.4. The van der Waals surface area contributed by atoms with Gasteiger partial charge in [0.1, 0.15) is 11.6 Å². The first-order valence-corrected chi connectivity index (χ1v) is 11.2. The molecule has 0 radical (unpaired) electrons. The van der Waals surface area contributed by atoms with E-state index in [0.717, 1.165) is 18.9 Å². The minimum atomic E-state index is -4.55. The van der Waals surface area contributed by atoms with Gasteiger partial charge in [0.05, 0.1) is 0 Å². The third kappa shape index (κ3) is 5.54. The fourth-order valence-electron chi connectivity index (χ4n) is 4.47. The average Bonchev–Trinajstić information content (AvgIpc) is 3.34. The molecule has 2 fully saturated rings. The number of halogens is 4. The summed E-state index contributed by atoms with van der Waals surface area (Å²) in [6, 6.07) is 6.35. The van der Waals surface area contributed by atoms with Crippen LogP contribution in [0, 0.1) is 5.82 Å². The van der Waals surface area contributed by atoms with Gasteiger partial charge in [0.25, 0.3) is 5.91 Å². The summed E-state index contributed by atoms with van der Waals surface area (Å²) in [5.74, 6) is -0.267. The van der Waals surface area contributed by atoms with Gasteiger partial charge in [0.2, 0.25) is 5.95 Å². The van der Waals surface area contributed by atoms with E-state index >= 15 is 0 Å². The van der Waals surface area contributed by atoms with E-state index in [2.05, 4.69) is 15.3 Å². The molecule has 2 heterocycles. The number of hydrogen-bond donors (Lipinski definition) is 1. The number of alkyl halides is 3. The van der Waals surface area contributed by atoms with Gasteiger partial charge in [-0.25, -0.2) is 9.37 Å². The Morgan fingerprint density at radius 2 is 1.70 bits per heavy atom. The number of benzene rings is 1. The molecule has 1 aliphatic carbocycles. The molecule has 1 amide bonds. The molecule has 1 saturated carbocycles. The Labute approximate surface area is 190 Å². The van der Waals surface area contributed by atoms with E-state index in [9.17, 15) is 22.4 Å². The van der Waals surface area contributed by atoms with Gasteiger partial charge in [-0.2, -0.15) is 18.2 Å². The highest BCUT2D eigenvalue weighted by Gasteiger charge is 2.36. The molecule has 4 rings (SSSR count). The minimum Gasteiger partial charge on any atom is -0.357 e. The first-order valence-electron chi connectivity index (χ1n) is 11.2. The van der Waals surface area contributed by atoms with Crippen LogP contribution in [0.3, 0.4) is 0 Å². The standard InChI is InChI=1S/C23H27F4N5O/c1-31(20-14-19(23(25,26)27)29-22(30-20)32-12-2-3-13-32)18-10-8-17(9-11-18)28-21(33)15-4-6-16(24)7-5-15/h4-7,14,17-18H,2-3,8-13H2,1H3,(H,28,33). The lowest BCUT2D eigenvalue weighted by Gasteiger charge is -2.36. The van der Waals surface area contributed by atoms with Crippen molar-refractivity contribution >= 4 is 17.7 Å². The molecule has 1 saturated heterocycles. The summed E-state index contributed by atoms with van der Waals surface area (Å²) in [7, 11) is 1.76. The Morgan fingerprint density at radius 3 is 2.30 bits per heavy atom. The molecule has 0 spiro atoms. The van der Waals surface area contributed by atoms with Crippen LogP contribution < -0.4 is 15.1 Å². The second-order valence-electron chi connectivity index (χ2n) is 8.70. The molecule has 0 bridgehead atoms. The van der Waals surface area contributed by atoms with Crippen LogP contribution in [-0.2, 0) is 6.18 Å². The van der Waals surface area contributed by atoms with Crippen molar-refractivity contribution in [3.05, 3.63) is 47.4 Å². The number of nitrogens with one attached hydrogen (secondary N) is 1.